The van der Waals surface area contributed by atoms with Gasteiger partial charge in [-0.25, -0.2) is 4.98 Å². The summed E-state index contributed by atoms with van der Waals surface area (Å²) >= 11 is 0. The average Bonchev–Trinajstić information content (AvgIpc) is 3.56. The summed E-state index contributed by atoms with van der Waals surface area (Å²) in [4.78, 5) is 15.0. The lowest BCUT2D eigenvalue weighted by Crippen LogP contribution is -2.47. The Morgan fingerprint density at radius 3 is 2.11 bits per heavy atom. The molecule has 0 saturated heterocycles. The van der Waals surface area contributed by atoms with Gasteiger partial charge >= 0.3 is 0 Å². The fourth-order valence-corrected chi connectivity index (χ4v) is 8.63. The smallest absolute Gasteiger partial charge is 0.137 e. The van der Waals surface area contributed by atoms with Crippen LogP contribution in [-0.4, -0.2) is 33.8 Å². The van der Waals surface area contributed by atoms with E-state index in [0.29, 0.717) is 12.3 Å². The minimum absolute atomic E-state index is 0.0464. The molecule has 1 aliphatic carbocycles. The minimum Gasteiger partial charge on any atom is -0.457 e. The second kappa shape index (κ2) is 13.5. The molecular formula is C50H66N4O. The number of aliphatic imine (C=N–C) groups is 1. The molecule has 0 N–H and O–H groups in total. The van der Waals surface area contributed by atoms with Gasteiger partial charge in [-0.3, -0.25) is 9.89 Å². The third-order valence-corrected chi connectivity index (χ3v) is 12.6. The summed E-state index contributed by atoms with van der Waals surface area (Å²) in [5.41, 5.74) is 7.79. The molecule has 1 fully saturated rings. The zero-order valence-electron chi connectivity index (χ0n) is 38.9. The quantitative estimate of drug-likeness (QED) is 0.204. The van der Waals surface area contributed by atoms with Crippen LogP contribution in [-0.2, 0) is 16.2 Å². The van der Waals surface area contributed by atoms with Gasteiger partial charge in [-0.05, 0) is 120 Å². The maximum atomic E-state index is 8.89. The summed E-state index contributed by atoms with van der Waals surface area (Å²) in [5, 5.41) is 0. The number of ether oxygens (including phenoxy) is 1. The van der Waals surface area contributed by atoms with Gasteiger partial charge in [-0.1, -0.05) is 113 Å². The van der Waals surface area contributed by atoms with E-state index in [0.717, 1.165) is 71.2 Å². The first-order chi connectivity index (χ1) is 26.8. The number of rotatable bonds is 5. The second-order valence-electron chi connectivity index (χ2n) is 20.3. The SMILES string of the molecule is [2H]C([2H])([2H])[C@@]1(C(C)(C)C)CN(C2CCCCC2)C(c2cc(Oc3cc4c(cc3C)C(C)(C)c3cc(C)ccc3N4c3cc(C(C)(C)C)ccn3)cc(C(C)(C)C)c2)=N1. The van der Waals surface area contributed by atoms with Gasteiger partial charge in [0.15, 0.2) is 0 Å². The lowest BCUT2D eigenvalue weighted by Gasteiger charge is -2.42. The second-order valence-corrected chi connectivity index (χ2v) is 20.3. The van der Waals surface area contributed by atoms with Crippen molar-refractivity contribution in [2.45, 2.75) is 157 Å². The Hall–Kier alpha value is -4.12. The van der Waals surface area contributed by atoms with Gasteiger partial charge in [0.1, 0.15) is 23.2 Å². The van der Waals surface area contributed by atoms with Gasteiger partial charge in [0.2, 0.25) is 0 Å². The number of hydrogen-bond donors (Lipinski definition) is 0. The number of amidine groups is 1. The Bertz CT molecular complexity index is 2230. The molecule has 1 saturated carbocycles. The van der Waals surface area contributed by atoms with Gasteiger partial charge in [0.05, 0.1) is 16.9 Å². The Morgan fingerprint density at radius 2 is 1.45 bits per heavy atom. The minimum atomic E-state index is -2.28. The maximum Gasteiger partial charge on any atom is 0.137 e. The molecule has 3 aromatic carbocycles. The van der Waals surface area contributed by atoms with Crippen molar-refractivity contribution in [1.82, 2.24) is 9.88 Å². The van der Waals surface area contributed by atoms with Gasteiger partial charge in [0, 0.05) is 39.9 Å². The van der Waals surface area contributed by atoms with Crippen molar-refractivity contribution >= 4 is 23.0 Å². The van der Waals surface area contributed by atoms with Crippen molar-refractivity contribution in [2.24, 2.45) is 10.4 Å². The molecule has 0 spiro atoms. The van der Waals surface area contributed by atoms with Crippen molar-refractivity contribution < 1.29 is 8.85 Å². The van der Waals surface area contributed by atoms with E-state index in [-0.39, 0.29) is 22.3 Å². The highest BCUT2D eigenvalue weighted by Gasteiger charge is 2.46. The number of nitrogens with zero attached hydrogens (tertiary/aromatic N) is 4. The van der Waals surface area contributed by atoms with Crippen LogP contribution in [0.1, 0.15) is 158 Å². The molecule has 0 unspecified atom stereocenters. The van der Waals surface area contributed by atoms with Crippen molar-refractivity contribution in [2.75, 3.05) is 11.4 Å². The standard InChI is InChI=1S/C50H66N4O/c1-32-20-21-41-39(24-32)49(12,13)40-25-33(2)43(30-42(40)54(41)44-29-35(22-23-51-44)46(3,4)5)55-38-27-34(26-36(28-38)47(6,7)8)45-52-50(14,48(9,10)11)31-53(45)37-18-16-15-17-19-37/h20-30,37H,15-19,31H2,1-14H3/t50-/m0/s1/i14D3. The molecule has 5 heteroatoms. The zero-order chi connectivity index (χ0) is 42.4. The molecule has 55 heavy (non-hydrogen) atoms. The maximum absolute atomic E-state index is 8.89. The summed E-state index contributed by atoms with van der Waals surface area (Å²) < 4.78 is 33.8. The third-order valence-electron chi connectivity index (χ3n) is 12.6. The van der Waals surface area contributed by atoms with Crippen LogP contribution in [0.3, 0.4) is 0 Å². The number of anilines is 3. The third kappa shape index (κ3) is 7.22. The number of hydrogen-bond acceptors (Lipinski definition) is 5. The lowest BCUT2D eigenvalue weighted by atomic mass is 9.72. The van der Waals surface area contributed by atoms with Gasteiger partial charge in [-0.15, -0.1) is 0 Å². The van der Waals surface area contributed by atoms with Crippen LogP contribution in [0.15, 0.2) is 71.9 Å². The Balaban J connectivity index is 1.40. The molecule has 3 heterocycles. The fraction of sp³-hybridized carbons (Fsp3) is 0.520. The van der Waals surface area contributed by atoms with Crippen LogP contribution >= 0.6 is 0 Å². The van der Waals surface area contributed by atoms with E-state index in [2.05, 4.69) is 140 Å². The largest absolute Gasteiger partial charge is 0.457 e. The molecule has 1 atom stereocenters. The van der Waals surface area contributed by atoms with Crippen LogP contribution in [0, 0.1) is 19.3 Å². The zero-order valence-corrected chi connectivity index (χ0v) is 35.9. The van der Waals surface area contributed by atoms with E-state index in [1.54, 1.807) is 0 Å². The van der Waals surface area contributed by atoms with Crippen molar-refractivity contribution in [3.63, 3.8) is 0 Å². The normalized spacial score (nSPS) is 21.3. The Morgan fingerprint density at radius 1 is 0.764 bits per heavy atom. The van der Waals surface area contributed by atoms with E-state index < -0.39 is 17.8 Å². The topological polar surface area (TPSA) is 41.0 Å². The Kier molecular flexibility index (Phi) is 8.68. The molecule has 0 radical (unpaired) electrons. The highest BCUT2D eigenvalue weighted by atomic mass is 16.5. The van der Waals surface area contributed by atoms with Crippen molar-refractivity contribution in [3.05, 3.63) is 106 Å². The van der Waals surface area contributed by atoms with Crippen LogP contribution in [0.2, 0.25) is 0 Å². The number of benzene rings is 3. The molecule has 5 nitrogen and oxygen atoms in total. The van der Waals surface area contributed by atoms with Gasteiger partial charge in [-0.2, -0.15) is 0 Å². The van der Waals surface area contributed by atoms with Crippen molar-refractivity contribution in [1.29, 1.82) is 0 Å². The predicted molar refractivity (Wildman–Crippen MR) is 232 cm³/mol. The molecule has 1 aromatic heterocycles. The highest BCUT2D eigenvalue weighted by molar-refractivity contribution is 6.01. The molecular weight excluding hydrogens is 673 g/mol. The first kappa shape index (κ1) is 35.3. The van der Waals surface area contributed by atoms with Crippen LogP contribution in [0.4, 0.5) is 17.2 Å². The van der Waals surface area contributed by atoms with Crippen LogP contribution < -0.4 is 9.64 Å². The van der Waals surface area contributed by atoms with E-state index in [4.69, 9.17) is 18.8 Å². The van der Waals surface area contributed by atoms with Crippen molar-refractivity contribution in [3.8, 4) is 11.5 Å². The molecule has 292 valence electrons. The first-order valence-corrected chi connectivity index (χ1v) is 20.6. The number of pyridine rings is 1. The van der Waals surface area contributed by atoms with E-state index in [1.807, 2.05) is 27.0 Å². The molecule has 0 bridgehead atoms. The van der Waals surface area contributed by atoms with Gasteiger partial charge < -0.3 is 9.64 Å². The summed E-state index contributed by atoms with van der Waals surface area (Å²) in [6.07, 6.45) is 7.52. The molecule has 2 aliphatic heterocycles. The van der Waals surface area contributed by atoms with Gasteiger partial charge in [0.25, 0.3) is 0 Å². The van der Waals surface area contributed by atoms with Crippen LogP contribution in [0.25, 0.3) is 0 Å². The number of aromatic nitrogens is 1. The summed E-state index contributed by atoms with van der Waals surface area (Å²) in [6.45, 7) is 26.5. The summed E-state index contributed by atoms with van der Waals surface area (Å²) in [5.74, 6) is 3.13. The number of fused-ring (bicyclic) bond motifs is 2. The predicted octanol–water partition coefficient (Wildman–Crippen LogP) is 13.4. The molecule has 7 rings (SSSR count). The lowest BCUT2D eigenvalue weighted by molar-refractivity contribution is 0.160. The summed E-state index contributed by atoms with van der Waals surface area (Å²) in [7, 11) is 0. The summed E-state index contributed by atoms with van der Waals surface area (Å²) in [6, 6.07) is 22.3. The monoisotopic (exact) mass is 742 g/mol. The average molecular weight is 742 g/mol. The fourth-order valence-electron chi connectivity index (χ4n) is 8.63. The van der Waals surface area contributed by atoms with E-state index >= 15 is 0 Å². The molecule has 3 aliphatic rings. The Labute approximate surface area is 336 Å². The molecule has 0 amide bonds. The molecule has 4 aromatic rings. The highest BCUT2D eigenvalue weighted by Crippen LogP contribution is 2.54. The first-order valence-electron chi connectivity index (χ1n) is 22.1. The number of aryl methyl sites for hydroxylation is 2. The van der Waals surface area contributed by atoms with Crippen LogP contribution in [0.5, 0.6) is 11.5 Å². The van der Waals surface area contributed by atoms with E-state index in [9.17, 15) is 0 Å². The van der Waals surface area contributed by atoms with E-state index in [1.165, 1.54) is 28.7 Å².